The van der Waals surface area contributed by atoms with Gasteiger partial charge in [-0.3, -0.25) is 24.1 Å². The van der Waals surface area contributed by atoms with Gasteiger partial charge in [0.2, 0.25) is 5.88 Å². The van der Waals surface area contributed by atoms with Crippen molar-refractivity contribution in [3.63, 3.8) is 0 Å². The highest BCUT2D eigenvalue weighted by molar-refractivity contribution is 7.71. The standard InChI is InChI=1S/C12H11N5O4S/c18-8-6(3-13-7-4-14-11(21)15-9(7)19)10(20)17(5-1-2-5)12(22)16-8/h3-5,20H,1-2H2,(H,16,18,22)(H2,14,15,19,21). The molecule has 1 saturated carbocycles. The number of nitrogens with zero attached hydrogens (tertiary/aromatic N) is 2. The third kappa shape index (κ3) is 2.55. The van der Waals surface area contributed by atoms with E-state index in [2.05, 4.69) is 15.0 Å². The molecule has 0 bridgehead atoms. The van der Waals surface area contributed by atoms with Crippen LogP contribution < -0.4 is 16.8 Å². The Morgan fingerprint density at radius 2 is 2.00 bits per heavy atom. The maximum atomic E-state index is 11.9. The summed E-state index contributed by atoms with van der Waals surface area (Å²) in [5, 5.41) is 10.2. The fourth-order valence-corrected chi connectivity index (χ4v) is 2.30. The minimum Gasteiger partial charge on any atom is -0.494 e. The van der Waals surface area contributed by atoms with E-state index in [-0.39, 0.29) is 27.9 Å². The molecule has 114 valence electrons. The first-order valence-electron chi connectivity index (χ1n) is 6.41. The highest BCUT2D eigenvalue weighted by Gasteiger charge is 2.27. The molecular weight excluding hydrogens is 310 g/mol. The van der Waals surface area contributed by atoms with E-state index in [1.54, 1.807) is 0 Å². The van der Waals surface area contributed by atoms with Crippen molar-refractivity contribution in [1.82, 2.24) is 19.5 Å². The summed E-state index contributed by atoms with van der Waals surface area (Å²) in [6.07, 6.45) is 3.90. The lowest BCUT2D eigenvalue weighted by atomic mass is 10.3. The van der Waals surface area contributed by atoms with Gasteiger partial charge in [-0.05, 0) is 25.1 Å². The Kier molecular flexibility index (Phi) is 3.37. The SMILES string of the molecule is O=c1[nH]cc(N=Cc2c(O)n(C3CC3)c(=S)[nH]c2=O)c(=O)[nH]1. The number of hydrogen-bond acceptors (Lipinski definition) is 6. The van der Waals surface area contributed by atoms with E-state index in [1.165, 1.54) is 4.57 Å². The predicted octanol–water partition coefficient (Wildman–Crippen LogP) is 0.0736. The topological polar surface area (TPSA) is 136 Å². The van der Waals surface area contributed by atoms with Crippen molar-refractivity contribution in [2.45, 2.75) is 18.9 Å². The molecule has 9 nitrogen and oxygen atoms in total. The molecule has 1 aliphatic carbocycles. The van der Waals surface area contributed by atoms with Crippen LogP contribution in [-0.2, 0) is 0 Å². The van der Waals surface area contributed by atoms with E-state index in [0.29, 0.717) is 0 Å². The molecule has 0 saturated heterocycles. The van der Waals surface area contributed by atoms with Gasteiger partial charge in [-0.2, -0.15) is 0 Å². The Morgan fingerprint density at radius 1 is 1.27 bits per heavy atom. The molecule has 2 heterocycles. The van der Waals surface area contributed by atoms with Crippen LogP contribution in [0.2, 0.25) is 0 Å². The van der Waals surface area contributed by atoms with Gasteiger partial charge in [-0.15, -0.1) is 0 Å². The molecule has 2 aromatic rings. The molecule has 1 aliphatic rings. The number of aromatic nitrogens is 4. The van der Waals surface area contributed by atoms with Crippen molar-refractivity contribution in [3.05, 3.63) is 47.7 Å². The molecule has 22 heavy (non-hydrogen) atoms. The lowest BCUT2D eigenvalue weighted by Crippen LogP contribution is -2.21. The van der Waals surface area contributed by atoms with E-state index < -0.39 is 16.8 Å². The van der Waals surface area contributed by atoms with Crippen LogP contribution in [0.5, 0.6) is 5.88 Å². The quantitative estimate of drug-likeness (QED) is 0.468. The van der Waals surface area contributed by atoms with Crippen molar-refractivity contribution in [2.75, 3.05) is 0 Å². The lowest BCUT2D eigenvalue weighted by Gasteiger charge is -2.09. The highest BCUT2D eigenvalue weighted by Crippen LogP contribution is 2.37. The normalized spacial score (nSPS) is 14.5. The second-order valence-corrected chi connectivity index (χ2v) is 5.20. The van der Waals surface area contributed by atoms with Crippen LogP contribution in [0, 0.1) is 4.77 Å². The summed E-state index contributed by atoms with van der Waals surface area (Å²) >= 11 is 5.02. The molecule has 3 rings (SSSR count). The number of hydrogen-bond donors (Lipinski definition) is 4. The van der Waals surface area contributed by atoms with Gasteiger partial charge in [0.15, 0.2) is 4.77 Å². The van der Waals surface area contributed by atoms with Gasteiger partial charge in [0.1, 0.15) is 11.3 Å². The number of aliphatic imine (C=N–C) groups is 1. The van der Waals surface area contributed by atoms with Crippen LogP contribution in [0.3, 0.4) is 0 Å². The molecule has 0 atom stereocenters. The Hall–Kier alpha value is -2.75. The molecule has 0 aromatic carbocycles. The number of rotatable bonds is 3. The van der Waals surface area contributed by atoms with Gasteiger partial charge < -0.3 is 10.1 Å². The Morgan fingerprint density at radius 3 is 2.64 bits per heavy atom. The average Bonchev–Trinajstić information content (AvgIpc) is 3.24. The van der Waals surface area contributed by atoms with Crippen LogP contribution >= 0.6 is 12.2 Å². The first kappa shape index (κ1) is 14.2. The average molecular weight is 321 g/mol. The first-order valence-corrected chi connectivity index (χ1v) is 6.82. The second kappa shape index (κ2) is 5.22. The summed E-state index contributed by atoms with van der Waals surface area (Å²) in [5.74, 6) is -0.291. The predicted molar refractivity (Wildman–Crippen MR) is 80.8 cm³/mol. The molecule has 4 N–H and O–H groups in total. The second-order valence-electron chi connectivity index (χ2n) is 4.81. The Balaban J connectivity index is 2.09. The molecule has 0 amide bonds. The minimum atomic E-state index is -0.703. The third-order valence-electron chi connectivity index (χ3n) is 3.20. The van der Waals surface area contributed by atoms with E-state index >= 15 is 0 Å². The highest BCUT2D eigenvalue weighted by atomic mass is 32.1. The summed E-state index contributed by atoms with van der Waals surface area (Å²) in [7, 11) is 0. The maximum Gasteiger partial charge on any atom is 0.325 e. The summed E-state index contributed by atoms with van der Waals surface area (Å²) in [6.45, 7) is 0. The van der Waals surface area contributed by atoms with Crippen molar-refractivity contribution >= 4 is 24.1 Å². The van der Waals surface area contributed by atoms with E-state index in [1.807, 2.05) is 4.98 Å². The smallest absolute Gasteiger partial charge is 0.325 e. The summed E-state index contributed by atoms with van der Waals surface area (Å²) in [5.41, 5.74) is -2.17. The zero-order valence-electron chi connectivity index (χ0n) is 11.1. The van der Waals surface area contributed by atoms with Crippen molar-refractivity contribution in [1.29, 1.82) is 0 Å². The zero-order valence-corrected chi connectivity index (χ0v) is 11.9. The molecular formula is C12H11N5O4S. The van der Waals surface area contributed by atoms with Gasteiger partial charge in [0.05, 0.1) is 0 Å². The molecule has 0 unspecified atom stereocenters. The maximum absolute atomic E-state index is 11.9. The van der Waals surface area contributed by atoms with Crippen LogP contribution in [0.4, 0.5) is 5.69 Å². The number of aromatic hydroxyl groups is 1. The van der Waals surface area contributed by atoms with Crippen LogP contribution in [-0.4, -0.2) is 30.8 Å². The molecule has 0 radical (unpaired) electrons. The van der Waals surface area contributed by atoms with Gasteiger partial charge in [0, 0.05) is 18.5 Å². The fraction of sp³-hybridized carbons (Fsp3) is 0.250. The van der Waals surface area contributed by atoms with Crippen molar-refractivity contribution < 1.29 is 5.11 Å². The Labute approximate surface area is 127 Å². The zero-order chi connectivity index (χ0) is 15.9. The molecule has 0 spiro atoms. The summed E-state index contributed by atoms with van der Waals surface area (Å²) in [6, 6.07) is 0.0629. The van der Waals surface area contributed by atoms with Crippen LogP contribution in [0.1, 0.15) is 24.4 Å². The van der Waals surface area contributed by atoms with Gasteiger partial charge in [-0.25, -0.2) is 9.79 Å². The summed E-state index contributed by atoms with van der Waals surface area (Å²) < 4.78 is 1.60. The number of nitrogens with one attached hydrogen (secondary N) is 3. The fourth-order valence-electron chi connectivity index (χ4n) is 1.97. The lowest BCUT2D eigenvalue weighted by molar-refractivity contribution is 0.405. The third-order valence-corrected chi connectivity index (χ3v) is 3.50. The molecule has 2 aromatic heterocycles. The molecule has 10 heteroatoms. The largest absolute Gasteiger partial charge is 0.494 e. The summed E-state index contributed by atoms with van der Waals surface area (Å²) in [4.78, 5) is 44.9. The number of aromatic amines is 3. The van der Waals surface area contributed by atoms with Crippen molar-refractivity contribution in [3.8, 4) is 5.88 Å². The van der Waals surface area contributed by atoms with Gasteiger partial charge in [-0.1, -0.05) is 0 Å². The van der Waals surface area contributed by atoms with E-state index in [9.17, 15) is 19.5 Å². The first-order chi connectivity index (χ1) is 10.5. The monoisotopic (exact) mass is 321 g/mol. The van der Waals surface area contributed by atoms with Gasteiger partial charge in [0.25, 0.3) is 11.1 Å². The number of H-pyrrole nitrogens is 3. The van der Waals surface area contributed by atoms with Gasteiger partial charge >= 0.3 is 5.69 Å². The molecule has 1 fully saturated rings. The minimum absolute atomic E-state index is 0.0629. The molecule has 0 aliphatic heterocycles. The van der Waals surface area contributed by atoms with Crippen LogP contribution in [0.25, 0.3) is 0 Å². The van der Waals surface area contributed by atoms with E-state index in [0.717, 1.165) is 25.3 Å². The van der Waals surface area contributed by atoms with E-state index in [4.69, 9.17) is 12.2 Å². The van der Waals surface area contributed by atoms with Crippen LogP contribution in [0.15, 0.2) is 25.6 Å². The Bertz CT molecular complexity index is 992. The van der Waals surface area contributed by atoms with Crippen molar-refractivity contribution in [2.24, 2.45) is 4.99 Å².